The van der Waals surface area contributed by atoms with Crippen LogP contribution in [0.2, 0.25) is 0 Å². The molecule has 0 heterocycles. The summed E-state index contributed by atoms with van der Waals surface area (Å²) < 4.78 is 9.90. The second-order valence-corrected chi connectivity index (χ2v) is 5.71. The first-order valence-electron chi connectivity index (χ1n) is 7.58. The van der Waals surface area contributed by atoms with E-state index in [4.69, 9.17) is 14.6 Å². The maximum atomic E-state index is 11.7. The van der Waals surface area contributed by atoms with Gasteiger partial charge >= 0.3 is 18.0 Å². The Kier molecular flexibility index (Phi) is 9.98. The fourth-order valence-corrected chi connectivity index (χ4v) is 2.10. The molecule has 128 valence electrons. The highest BCUT2D eigenvalue weighted by Gasteiger charge is 2.19. The molecule has 1 unspecified atom stereocenters. The molecule has 1 amide bonds. The molecule has 0 aliphatic rings. The van der Waals surface area contributed by atoms with Gasteiger partial charge in [0.2, 0.25) is 6.29 Å². The summed E-state index contributed by atoms with van der Waals surface area (Å²) in [5, 5.41) is 11.4. The molecule has 0 saturated carbocycles. The minimum Gasteiger partial charge on any atom is -0.481 e. The van der Waals surface area contributed by atoms with E-state index in [-0.39, 0.29) is 18.9 Å². The van der Waals surface area contributed by atoms with Crippen LogP contribution in [0.1, 0.15) is 53.4 Å². The monoisotopic (exact) mass is 317 g/mol. The molecule has 0 aliphatic heterocycles. The van der Waals surface area contributed by atoms with Crippen LogP contribution in [0.5, 0.6) is 0 Å². The van der Waals surface area contributed by atoms with Crippen molar-refractivity contribution in [2.24, 2.45) is 11.8 Å². The van der Waals surface area contributed by atoms with Crippen LogP contribution in [-0.4, -0.2) is 36.0 Å². The summed E-state index contributed by atoms with van der Waals surface area (Å²) in [6, 6.07) is 0. The third-order valence-electron chi connectivity index (χ3n) is 2.86. The Morgan fingerprint density at radius 1 is 1.18 bits per heavy atom. The number of hydrogen-bond donors (Lipinski definition) is 2. The first-order chi connectivity index (χ1) is 10.2. The molecule has 0 spiro atoms. The Morgan fingerprint density at radius 3 is 2.27 bits per heavy atom. The molecule has 2 N–H and O–H groups in total. The molecule has 0 saturated heterocycles. The number of carbonyl (C=O) groups excluding carboxylic acids is 2. The van der Waals surface area contributed by atoms with Crippen molar-refractivity contribution >= 4 is 18.0 Å². The van der Waals surface area contributed by atoms with E-state index in [0.717, 1.165) is 0 Å². The summed E-state index contributed by atoms with van der Waals surface area (Å²) in [6.07, 6.45) is 0.164. The third kappa shape index (κ3) is 10.9. The molecule has 7 nitrogen and oxygen atoms in total. The number of carbonyl (C=O) groups is 3. The summed E-state index contributed by atoms with van der Waals surface area (Å²) in [5.41, 5.74) is 0. The maximum absolute atomic E-state index is 11.7. The smallest absolute Gasteiger partial charge is 0.410 e. The number of alkyl carbamates (subject to hydrolysis) is 1. The number of rotatable bonds is 10. The molecule has 2 atom stereocenters. The number of aliphatic carboxylic acids is 1. The molecule has 0 aromatic rings. The average molecular weight is 317 g/mol. The number of carboxylic acid groups (broad SMARTS) is 1. The summed E-state index contributed by atoms with van der Waals surface area (Å²) in [7, 11) is 0. The highest BCUT2D eigenvalue weighted by Crippen LogP contribution is 2.15. The molecular weight excluding hydrogens is 290 g/mol. The van der Waals surface area contributed by atoms with E-state index in [1.807, 2.05) is 20.8 Å². The molecule has 22 heavy (non-hydrogen) atoms. The number of nitrogens with one attached hydrogen (secondary N) is 1. The predicted octanol–water partition coefficient (Wildman–Crippen LogP) is 2.54. The molecule has 0 fully saturated rings. The van der Waals surface area contributed by atoms with Gasteiger partial charge in [-0.15, -0.1) is 0 Å². The molecule has 0 aromatic heterocycles. The standard InChI is InChI=1S/C15H27NO6/c1-5-6-14(21-11(4)17)22-15(20)16-9-12(7-10(2)3)8-13(18)19/h10,12,14H,5-9H2,1-4H3,(H,16,20)(H,18,19)/t12-,14?/m0/s1. The van der Waals surface area contributed by atoms with Gasteiger partial charge in [-0.2, -0.15) is 0 Å². The quantitative estimate of drug-likeness (QED) is 0.474. The zero-order chi connectivity index (χ0) is 17.1. The highest BCUT2D eigenvalue weighted by atomic mass is 16.7. The number of carboxylic acids is 1. The first-order valence-corrected chi connectivity index (χ1v) is 7.58. The average Bonchev–Trinajstić information content (AvgIpc) is 2.34. The lowest BCUT2D eigenvalue weighted by Crippen LogP contribution is -2.35. The Morgan fingerprint density at radius 2 is 1.82 bits per heavy atom. The summed E-state index contributed by atoms with van der Waals surface area (Å²) >= 11 is 0. The number of esters is 1. The van der Waals surface area contributed by atoms with Crippen molar-refractivity contribution in [2.75, 3.05) is 6.54 Å². The minimum absolute atomic E-state index is 0.0131. The van der Waals surface area contributed by atoms with Crippen molar-refractivity contribution in [3.8, 4) is 0 Å². The van der Waals surface area contributed by atoms with Gasteiger partial charge in [-0.05, 0) is 24.7 Å². The van der Waals surface area contributed by atoms with Gasteiger partial charge in [0.1, 0.15) is 0 Å². The first kappa shape index (κ1) is 20.2. The Labute approximate surface area is 131 Å². The Bertz CT molecular complexity index is 369. The van der Waals surface area contributed by atoms with E-state index in [2.05, 4.69) is 5.32 Å². The van der Waals surface area contributed by atoms with Crippen molar-refractivity contribution in [3.05, 3.63) is 0 Å². The summed E-state index contributed by atoms with van der Waals surface area (Å²) in [6.45, 7) is 7.32. The highest BCUT2D eigenvalue weighted by molar-refractivity contribution is 5.69. The van der Waals surface area contributed by atoms with Gasteiger partial charge in [0.25, 0.3) is 0 Å². The van der Waals surface area contributed by atoms with Crippen molar-refractivity contribution in [1.29, 1.82) is 0 Å². The van der Waals surface area contributed by atoms with Crippen molar-refractivity contribution in [2.45, 2.75) is 59.7 Å². The van der Waals surface area contributed by atoms with Crippen LogP contribution < -0.4 is 5.32 Å². The van der Waals surface area contributed by atoms with Crippen molar-refractivity contribution < 1.29 is 29.0 Å². The fourth-order valence-electron chi connectivity index (χ4n) is 2.10. The van der Waals surface area contributed by atoms with Crippen LogP contribution in [-0.2, 0) is 19.1 Å². The van der Waals surface area contributed by atoms with Gasteiger partial charge in [-0.25, -0.2) is 4.79 Å². The molecule has 0 aromatic carbocycles. The molecule has 0 aliphatic carbocycles. The van der Waals surface area contributed by atoms with Crippen LogP contribution >= 0.6 is 0 Å². The lowest BCUT2D eigenvalue weighted by atomic mass is 9.94. The van der Waals surface area contributed by atoms with Gasteiger partial charge in [-0.1, -0.05) is 20.8 Å². The van der Waals surface area contributed by atoms with Crippen molar-refractivity contribution in [3.63, 3.8) is 0 Å². The second kappa shape index (κ2) is 10.9. The largest absolute Gasteiger partial charge is 0.481 e. The zero-order valence-corrected chi connectivity index (χ0v) is 13.8. The van der Waals surface area contributed by atoms with Crippen LogP contribution in [0.25, 0.3) is 0 Å². The summed E-state index contributed by atoms with van der Waals surface area (Å²) in [4.78, 5) is 33.5. The lowest BCUT2D eigenvalue weighted by Gasteiger charge is -2.20. The molecule has 7 heteroatoms. The van der Waals surface area contributed by atoms with E-state index >= 15 is 0 Å². The second-order valence-electron chi connectivity index (χ2n) is 5.71. The van der Waals surface area contributed by atoms with E-state index in [1.165, 1.54) is 6.92 Å². The topological polar surface area (TPSA) is 102 Å². The maximum Gasteiger partial charge on any atom is 0.410 e. The van der Waals surface area contributed by atoms with Crippen LogP contribution in [0.15, 0.2) is 0 Å². The number of ether oxygens (including phenoxy) is 2. The van der Waals surface area contributed by atoms with Gasteiger partial charge in [0.05, 0.1) is 0 Å². The van der Waals surface area contributed by atoms with Gasteiger partial charge in [0.15, 0.2) is 0 Å². The van der Waals surface area contributed by atoms with Crippen LogP contribution in [0.4, 0.5) is 4.79 Å². The lowest BCUT2D eigenvalue weighted by molar-refractivity contribution is -0.166. The minimum atomic E-state index is -0.912. The summed E-state index contributed by atoms with van der Waals surface area (Å²) in [5.74, 6) is -1.25. The van der Waals surface area contributed by atoms with E-state index in [1.54, 1.807) is 0 Å². The number of amides is 1. The SMILES string of the molecule is CCCC(OC(C)=O)OC(=O)NC[C@H](CC(=O)O)CC(C)C. The zero-order valence-electron chi connectivity index (χ0n) is 13.8. The molecule has 0 rings (SSSR count). The number of hydrogen-bond acceptors (Lipinski definition) is 5. The normalized spacial score (nSPS) is 13.3. The van der Waals surface area contributed by atoms with Gasteiger partial charge in [0, 0.05) is 26.3 Å². The molecule has 0 radical (unpaired) electrons. The van der Waals surface area contributed by atoms with Crippen LogP contribution in [0, 0.1) is 11.8 Å². The Balaban J connectivity index is 4.35. The van der Waals surface area contributed by atoms with E-state index < -0.39 is 24.3 Å². The van der Waals surface area contributed by atoms with Gasteiger partial charge < -0.3 is 19.9 Å². The third-order valence-corrected chi connectivity index (χ3v) is 2.86. The van der Waals surface area contributed by atoms with E-state index in [9.17, 15) is 14.4 Å². The fraction of sp³-hybridized carbons (Fsp3) is 0.800. The van der Waals surface area contributed by atoms with E-state index in [0.29, 0.717) is 25.2 Å². The van der Waals surface area contributed by atoms with Crippen molar-refractivity contribution in [1.82, 2.24) is 5.32 Å². The Hall–Kier alpha value is -1.79. The van der Waals surface area contributed by atoms with Crippen LogP contribution in [0.3, 0.4) is 0 Å². The molecular formula is C15H27NO6. The molecule has 0 bridgehead atoms. The predicted molar refractivity (Wildman–Crippen MR) is 80.1 cm³/mol. The van der Waals surface area contributed by atoms with Gasteiger partial charge in [-0.3, -0.25) is 9.59 Å².